The van der Waals surface area contributed by atoms with E-state index in [4.69, 9.17) is 27.2 Å². The van der Waals surface area contributed by atoms with Crippen LogP contribution in [0.15, 0.2) is 11.0 Å². The van der Waals surface area contributed by atoms with Crippen LogP contribution in [0.25, 0.3) is 0 Å². The second kappa shape index (κ2) is 5.46. The summed E-state index contributed by atoms with van der Waals surface area (Å²) in [5, 5.41) is 28.5. The van der Waals surface area contributed by atoms with Crippen LogP contribution in [0.5, 0.6) is 0 Å². The van der Waals surface area contributed by atoms with Gasteiger partial charge in [-0.15, -0.1) is 0 Å². The summed E-state index contributed by atoms with van der Waals surface area (Å²) in [5.41, 5.74) is 1.58. The molecule has 4 atom stereocenters. The Labute approximate surface area is 121 Å². The zero-order valence-corrected chi connectivity index (χ0v) is 11.1. The van der Waals surface area contributed by atoms with Crippen LogP contribution in [0.1, 0.15) is 6.23 Å². The van der Waals surface area contributed by atoms with Gasteiger partial charge in [-0.2, -0.15) is 4.98 Å². The Hall–Kier alpha value is -1.33. The molecule has 0 bridgehead atoms. The maximum atomic E-state index is 13.0. The zero-order valence-electron chi connectivity index (χ0n) is 10.4. The first-order chi connectivity index (χ1) is 9.74. The maximum absolute atomic E-state index is 13.0. The third kappa shape index (κ3) is 2.38. The second-order valence-electron chi connectivity index (χ2n) is 4.52. The highest BCUT2D eigenvalue weighted by molar-refractivity contribution is 6.32. The molecule has 0 unspecified atom stereocenters. The minimum absolute atomic E-state index is 0.168. The molecule has 0 spiro atoms. The molecule has 0 saturated carbocycles. The number of aliphatic hydroxyl groups excluding tert-OH is 3. The molecule has 1 saturated heterocycles. The summed E-state index contributed by atoms with van der Waals surface area (Å²) in [7, 11) is 0. The van der Waals surface area contributed by atoms with Gasteiger partial charge >= 0.3 is 5.69 Å². The van der Waals surface area contributed by atoms with Gasteiger partial charge in [-0.1, -0.05) is 11.6 Å². The van der Waals surface area contributed by atoms with Crippen LogP contribution in [-0.2, 0) is 4.74 Å². The Balaban J connectivity index is 2.47. The number of hydrogen-bond donors (Lipinski definition) is 4. The molecule has 1 fully saturated rings. The van der Waals surface area contributed by atoms with Crippen molar-refractivity contribution in [1.29, 1.82) is 0 Å². The molecule has 0 aromatic carbocycles. The number of nitrogens with two attached hydrogens (primary N) is 1. The standard InChI is InChI=1S/C10H12ClF2N3O5/c11-3-1-16(9(20)15-6(3)14)7-4(18)5(19)10(2-17,21-7)8(12)13/h1,4-5,7-8,17-19H,2H2,(H2,14,15,20)/t4-,5+,7-,10-/m1/s1. The van der Waals surface area contributed by atoms with E-state index in [0.717, 1.165) is 6.20 Å². The van der Waals surface area contributed by atoms with Crippen molar-refractivity contribution in [1.82, 2.24) is 9.55 Å². The molecule has 2 heterocycles. The van der Waals surface area contributed by atoms with Crippen molar-refractivity contribution in [2.24, 2.45) is 0 Å². The first-order valence-corrected chi connectivity index (χ1v) is 6.09. The Morgan fingerprint density at radius 2 is 2.19 bits per heavy atom. The third-order valence-electron chi connectivity index (χ3n) is 3.28. The number of alkyl halides is 2. The molecule has 21 heavy (non-hydrogen) atoms. The number of hydrogen-bond acceptors (Lipinski definition) is 7. The van der Waals surface area contributed by atoms with Gasteiger partial charge in [0.05, 0.1) is 11.6 Å². The highest BCUT2D eigenvalue weighted by Crippen LogP contribution is 2.40. The molecule has 0 radical (unpaired) electrons. The molecular weight excluding hydrogens is 316 g/mol. The lowest BCUT2D eigenvalue weighted by molar-refractivity contribution is -0.195. The monoisotopic (exact) mass is 327 g/mol. The van der Waals surface area contributed by atoms with E-state index < -0.39 is 42.8 Å². The van der Waals surface area contributed by atoms with E-state index in [0.29, 0.717) is 4.57 Å². The van der Waals surface area contributed by atoms with Crippen molar-refractivity contribution < 1.29 is 28.8 Å². The molecule has 1 aromatic rings. The maximum Gasteiger partial charge on any atom is 0.351 e. The summed E-state index contributed by atoms with van der Waals surface area (Å²) in [6.45, 7) is -1.26. The molecule has 1 aromatic heterocycles. The van der Waals surface area contributed by atoms with Crippen molar-refractivity contribution in [3.05, 3.63) is 21.7 Å². The first-order valence-electron chi connectivity index (χ1n) is 5.71. The van der Waals surface area contributed by atoms with Crippen molar-refractivity contribution in [2.45, 2.75) is 30.5 Å². The summed E-state index contributed by atoms with van der Waals surface area (Å²) in [4.78, 5) is 15.0. The first kappa shape index (κ1) is 16.0. The van der Waals surface area contributed by atoms with E-state index in [1.807, 2.05) is 0 Å². The fraction of sp³-hybridized carbons (Fsp3) is 0.600. The van der Waals surface area contributed by atoms with E-state index in [-0.39, 0.29) is 10.8 Å². The van der Waals surface area contributed by atoms with Gasteiger partial charge in [-0.25, -0.2) is 13.6 Å². The van der Waals surface area contributed by atoms with Gasteiger partial charge in [-0.3, -0.25) is 4.57 Å². The van der Waals surface area contributed by atoms with E-state index in [9.17, 15) is 23.8 Å². The van der Waals surface area contributed by atoms with Gasteiger partial charge in [0.2, 0.25) is 0 Å². The molecular formula is C10H12ClF2N3O5. The smallest absolute Gasteiger partial charge is 0.351 e. The fourth-order valence-electron chi connectivity index (χ4n) is 2.05. The van der Waals surface area contributed by atoms with Crippen LogP contribution in [-0.4, -0.2) is 55.7 Å². The van der Waals surface area contributed by atoms with Gasteiger partial charge in [-0.05, 0) is 0 Å². The minimum Gasteiger partial charge on any atom is -0.393 e. The Kier molecular flexibility index (Phi) is 4.17. The van der Waals surface area contributed by atoms with Crippen LogP contribution in [0, 0.1) is 0 Å². The third-order valence-corrected chi connectivity index (χ3v) is 3.57. The quantitative estimate of drug-likeness (QED) is 0.544. The van der Waals surface area contributed by atoms with Crippen molar-refractivity contribution in [3.8, 4) is 0 Å². The van der Waals surface area contributed by atoms with E-state index in [2.05, 4.69) is 4.98 Å². The summed E-state index contributed by atoms with van der Waals surface area (Å²) in [6, 6.07) is 0. The van der Waals surface area contributed by atoms with E-state index in [1.54, 1.807) is 0 Å². The van der Waals surface area contributed by atoms with Gasteiger partial charge < -0.3 is 25.8 Å². The molecule has 118 valence electrons. The Bertz CT molecular complexity index is 601. The molecule has 2 rings (SSSR count). The number of aromatic nitrogens is 2. The van der Waals surface area contributed by atoms with Crippen LogP contribution < -0.4 is 11.4 Å². The predicted octanol–water partition coefficient (Wildman–Crippen LogP) is -1.27. The highest BCUT2D eigenvalue weighted by atomic mass is 35.5. The van der Waals surface area contributed by atoms with Gasteiger partial charge in [0.1, 0.15) is 18.0 Å². The van der Waals surface area contributed by atoms with Crippen LogP contribution >= 0.6 is 11.6 Å². The van der Waals surface area contributed by atoms with Gasteiger partial charge in [0, 0.05) is 6.20 Å². The Morgan fingerprint density at radius 3 is 2.67 bits per heavy atom. The SMILES string of the molecule is Nc1nc(=O)n([C@@H]2O[C@@](CO)(C(F)F)[C@@H](O)[C@H]2O)cc1Cl. The van der Waals surface area contributed by atoms with Crippen LogP contribution in [0.4, 0.5) is 14.6 Å². The highest BCUT2D eigenvalue weighted by Gasteiger charge is 2.60. The molecule has 1 aliphatic rings. The average Bonchev–Trinajstić information content (AvgIpc) is 2.68. The van der Waals surface area contributed by atoms with Crippen molar-refractivity contribution in [3.63, 3.8) is 0 Å². The normalized spacial score (nSPS) is 32.8. The predicted molar refractivity (Wildman–Crippen MR) is 65.9 cm³/mol. The van der Waals surface area contributed by atoms with Crippen molar-refractivity contribution >= 4 is 17.4 Å². The van der Waals surface area contributed by atoms with Crippen molar-refractivity contribution in [2.75, 3.05) is 12.3 Å². The lowest BCUT2D eigenvalue weighted by Crippen LogP contribution is -2.52. The molecule has 0 aliphatic carbocycles. The van der Waals surface area contributed by atoms with E-state index >= 15 is 0 Å². The molecule has 0 amide bonds. The van der Waals surface area contributed by atoms with Crippen LogP contribution in [0.3, 0.4) is 0 Å². The lowest BCUT2D eigenvalue weighted by atomic mass is 9.96. The molecule has 5 N–H and O–H groups in total. The topological polar surface area (TPSA) is 131 Å². The largest absolute Gasteiger partial charge is 0.393 e. The number of halogens is 3. The van der Waals surface area contributed by atoms with Crippen LogP contribution in [0.2, 0.25) is 5.02 Å². The summed E-state index contributed by atoms with van der Waals surface area (Å²) in [5.74, 6) is -0.284. The summed E-state index contributed by atoms with van der Waals surface area (Å²) >= 11 is 5.67. The Morgan fingerprint density at radius 1 is 1.57 bits per heavy atom. The van der Waals surface area contributed by atoms with E-state index in [1.165, 1.54) is 0 Å². The number of anilines is 1. The molecule has 11 heteroatoms. The van der Waals surface area contributed by atoms with Gasteiger partial charge in [0.15, 0.2) is 11.8 Å². The number of aliphatic hydroxyl groups is 3. The zero-order chi connectivity index (χ0) is 15.9. The number of rotatable bonds is 3. The lowest BCUT2D eigenvalue weighted by Gasteiger charge is -2.28. The number of nitrogens with zero attached hydrogens (tertiary/aromatic N) is 2. The fourth-order valence-corrected chi connectivity index (χ4v) is 2.20. The average molecular weight is 328 g/mol. The van der Waals surface area contributed by atoms with Gasteiger partial charge in [0.25, 0.3) is 6.43 Å². The number of nitrogen functional groups attached to an aromatic ring is 1. The summed E-state index contributed by atoms with van der Waals surface area (Å²) < 4.78 is 31.6. The molecule has 8 nitrogen and oxygen atoms in total. The minimum atomic E-state index is -3.30. The second-order valence-corrected chi connectivity index (χ2v) is 4.93. The number of ether oxygens (including phenoxy) is 1. The summed E-state index contributed by atoms with van der Waals surface area (Å²) in [6.07, 6.45) is -8.07. The molecule has 1 aliphatic heterocycles.